The summed E-state index contributed by atoms with van der Waals surface area (Å²) in [6.45, 7) is 2.85. The summed E-state index contributed by atoms with van der Waals surface area (Å²) < 4.78 is 3.20. The number of hydrogen-bond donors (Lipinski definition) is 1. The van der Waals surface area contributed by atoms with Crippen LogP contribution >= 0.6 is 15.9 Å². The minimum absolute atomic E-state index is 0.756. The van der Waals surface area contributed by atoms with Gasteiger partial charge in [0.1, 0.15) is 17.2 Å². The summed E-state index contributed by atoms with van der Waals surface area (Å²) in [7, 11) is 0. The molecule has 0 aliphatic carbocycles. The zero-order valence-electron chi connectivity index (χ0n) is 13.9. The summed E-state index contributed by atoms with van der Waals surface area (Å²) in [6.07, 6.45) is 2.12. The van der Waals surface area contributed by atoms with Crippen LogP contribution < -0.4 is 5.32 Å². The van der Waals surface area contributed by atoms with Crippen LogP contribution in [0.3, 0.4) is 0 Å². The quantitative estimate of drug-likeness (QED) is 0.484. The monoisotopic (exact) mass is 391 g/mol. The van der Waals surface area contributed by atoms with Crippen molar-refractivity contribution in [1.29, 1.82) is 0 Å². The summed E-state index contributed by atoms with van der Waals surface area (Å²) in [5, 5.41) is 3.58. The second kappa shape index (κ2) is 6.73. The predicted molar refractivity (Wildman–Crippen MR) is 107 cm³/mol. The fourth-order valence-corrected chi connectivity index (χ4v) is 3.17. The topological polar surface area (TPSA) is 29.3 Å². The molecule has 4 aromatic rings. The highest BCUT2D eigenvalue weighted by Gasteiger charge is 2.14. The molecule has 4 heteroatoms. The second-order valence-electron chi connectivity index (χ2n) is 6.09. The average Bonchev–Trinajstić information content (AvgIpc) is 2.99. The molecule has 0 saturated carbocycles. The maximum absolute atomic E-state index is 4.85. The van der Waals surface area contributed by atoms with Gasteiger partial charge in [-0.3, -0.25) is 4.40 Å². The number of nitrogens with one attached hydrogen (secondary N) is 1. The molecule has 0 atom stereocenters. The molecule has 2 heterocycles. The van der Waals surface area contributed by atoms with Gasteiger partial charge in [-0.15, -0.1) is 0 Å². The number of aromatic nitrogens is 2. The van der Waals surface area contributed by atoms with E-state index in [0.29, 0.717) is 0 Å². The van der Waals surface area contributed by atoms with Crippen molar-refractivity contribution < 1.29 is 0 Å². The Labute approximate surface area is 155 Å². The number of fused-ring (bicyclic) bond motifs is 1. The third-order valence-corrected chi connectivity index (χ3v) is 4.72. The second-order valence-corrected chi connectivity index (χ2v) is 7.01. The van der Waals surface area contributed by atoms with Crippen molar-refractivity contribution in [3.05, 3.63) is 88.5 Å². The van der Waals surface area contributed by atoms with Crippen LogP contribution in [-0.2, 0) is 6.54 Å². The number of aryl methyl sites for hydroxylation is 1. The fourth-order valence-electron chi connectivity index (χ4n) is 2.91. The van der Waals surface area contributed by atoms with Gasteiger partial charge in [-0.05, 0) is 36.2 Å². The summed E-state index contributed by atoms with van der Waals surface area (Å²) >= 11 is 3.50. The number of halogens is 1. The largest absolute Gasteiger partial charge is 0.365 e. The Kier molecular flexibility index (Phi) is 4.28. The number of hydrogen-bond acceptors (Lipinski definition) is 2. The fraction of sp³-hybridized carbons (Fsp3) is 0.0952. The molecule has 3 nitrogen and oxygen atoms in total. The number of pyridine rings is 1. The smallest absolute Gasteiger partial charge is 0.139 e. The van der Waals surface area contributed by atoms with E-state index in [4.69, 9.17) is 4.98 Å². The summed E-state index contributed by atoms with van der Waals surface area (Å²) in [5.41, 5.74) is 5.45. The van der Waals surface area contributed by atoms with Gasteiger partial charge in [0.2, 0.25) is 0 Å². The highest BCUT2D eigenvalue weighted by molar-refractivity contribution is 9.10. The molecule has 2 aromatic heterocycles. The minimum atomic E-state index is 0.756. The summed E-state index contributed by atoms with van der Waals surface area (Å²) in [4.78, 5) is 4.85. The Hall–Kier alpha value is -2.59. The molecular formula is C21H18BrN3. The van der Waals surface area contributed by atoms with Crippen molar-refractivity contribution in [3.63, 3.8) is 0 Å². The van der Waals surface area contributed by atoms with Crippen molar-refractivity contribution in [2.24, 2.45) is 0 Å². The first-order valence-corrected chi connectivity index (χ1v) is 9.02. The lowest BCUT2D eigenvalue weighted by atomic mass is 10.1. The molecule has 0 spiro atoms. The molecule has 0 aliphatic rings. The van der Waals surface area contributed by atoms with Gasteiger partial charge in [0.05, 0.1) is 0 Å². The predicted octanol–water partition coefficient (Wildman–Crippen LogP) is 5.68. The molecule has 0 aliphatic heterocycles. The number of nitrogens with zero attached hydrogens (tertiary/aromatic N) is 2. The van der Waals surface area contributed by atoms with Gasteiger partial charge >= 0.3 is 0 Å². The molecule has 0 unspecified atom stereocenters. The van der Waals surface area contributed by atoms with Crippen molar-refractivity contribution in [2.75, 3.05) is 5.32 Å². The molecule has 25 heavy (non-hydrogen) atoms. The van der Waals surface area contributed by atoms with E-state index in [9.17, 15) is 0 Å². The maximum atomic E-state index is 4.85. The Morgan fingerprint density at radius 2 is 1.72 bits per heavy atom. The van der Waals surface area contributed by atoms with E-state index in [1.54, 1.807) is 0 Å². The van der Waals surface area contributed by atoms with Crippen LogP contribution in [0.2, 0.25) is 0 Å². The van der Waals surface area contributed by atoms with Crippen LogP contribution in [0.1, 0.15) is 11.1 Å². The lowest BCUT2D eigenvalue weighted by molar-refractivity contribution is 1.08. The van der Waals surface area contributed by atoms with Crippen molar-refractivity contribution in [2.45, 2.75) is 13.5 Å². The van der Waals surface area contributed by atoms with Gasteiger partial charge in [0, 0.05) is 22.8 Å². The molecule has 0 radical (unpaired) electrons. The SMILES string of the molecule is Cc1ccc2nc(-c3ccc(Br)cc3)c(NCc3ccccc3)n2c1. The first kappa shape index (κ1) is 15.9. The molecule has 0 saturated heterocycles. The standard InChI is InChI=1S/C21H18BrN3/c1-15-7-12-19-24-20(17-8-10-18(22)11-9-17)21(25(19)14-15)23-13-16-5-3-2-4-6-16/h2-12,14,23H,13H2,1H3. The molecule has 0 amide bonds. The maximum Gasteiger partial charge on any atom is 0.139 e. The van der Waals surface area contributed by atoms with Crippen LogP contribution in [0.4, 0.5) is 5.82 Å². The Bertz CT molecular complexity index is 1000. The zero-order valence-corrected chi connectivity index (χ0v) is 15.5. The number of rotatable bonds is 4. The Balaban J connectivity index is 1.79. The zero-order chi connectivity index (χ0) is 17.2. The third-order valence-electron chi connectivity index (χ3n) is 4.19. The minimum Gasteiger partial charge on any atom is -0.365 e. The first-order chi connectivity index (χ1) is 12.2. The molecule has 4 rings (SSSR count). The molecule has 2 aromatic carbocycles. The number of anilines is 1. The van der Waals surface area contributed by atoms with E-state index in [1.165, 1.54) is 11.1 Å². The van der Waals surface area contributed by atoms with Gasteiger partial charge < -0.3 is 5.32 Å². The average molecular weight is 392 g/mol. The Morgan fingerprint density at radius 3 is 2.48 bits per heavy atom. The Morgan fingerprint density at radius 1 is 0.960 bits per heavy atom. The van der Waals surface area contributed by atoms with E-state index >= 15 is 0 Å². The van der Waals surface area contributed by atoms with E-state index in [0.717, 1.165) is 33.7 Å². The van der Waals surface area contributed by atoms with E-state index in [1.807, 2.05) is 18.2 Å². The summed E-state index contributed by atoms with van der Waals surface area (Å²) in [6, 6.07) is 22.8. The first-order valence-electron chi connectivity index (χ1n) is 8.23. The number of imidazole rings is 1. The highest BCUT2D eigenvalue weighted by Crippen LogP contribution is 2.30. The third kappa shape index (κ3) is 3.30. The van der Waals surface area contributed by atoms with E-state index in [-0.39, 0.29) is 0 Å². The normalized spacial score (nSPS) is 11.0. The van der Waals surface area contributed by atoms with E-state index in [2.05, 4.69) is 87.3 Å². The van der Waals surface area contributed by atoms with Crippen LogP contribution in [0.25, 0.3) is 16.9 Å². The van der Waals surface area contributed by atoms with Gasteiger partial charge in [-0.1, -0.05) is 64.5 Å². The molecule has 0 bridgehead atoms. The van der Waals surface area contributed by atoms with Gasteiger partial charge in [0.25, 0.3) is 0 Å². The van der Waals surface area contributed by atoms with E-state index < -0.39 is 0 Å². The lowest BCUT2D eigenvalue weighted by Gasteiger charge is -2.09. The number of benzene rings is 2. The lowest BCUT2D eigenvalue weighted by Crippen LogP contribution is -2.03. The molecule has 0 fully saturated rings. The van der Waals surface area contributed by atoms with Gasteiger partial charge in [-0.2, -0.15) is 0 Å². The van der Waals surface area contributed by atoms with Crippen LogP contribution in [0.15, 0.2) is 77.4 Å². The van der Waals surface area contributed by atoms with Crippen molar-refractivity contribution >= 4 is 27.4 Å². The van der Waals surface area contributed by atoms with Crippen molar-refractivity contribution in [1.82, 2.24) is 9.38 Å². The van der Waals surface area contributed by atoms with Crippen LogP contribution in [-0.4, -0.2) is 9.38 Å². The van der Waals surface area contributed by atoms with Crippen molar-refractivity contribution in [3.8, 4) is 11.3 Å². The molecular weight excluding hydrogens is 374 g/mol. The van der Waals surface area contributed by atoms with Crippen LogP contribution in [0, 0.1) is 6.92 Å². The summed E-state index contributed by atoms with van der Waals surface area (Å²) in [5.74, 6) is 1.02. The van der Waals surface area contributed by atoms with Gasteiger partial charge in [0.15, 0.2) is 0 Å². The molecule has 124 valence electrons. The van der Waals surface area contributed by atoms with Crippen LogP contribution in [0.5, 0.6) is 0 Å². The highest BCUT2D eigenvalue weighted by atomic mass is 79.9. The van der Waals surface area contributed by atoms with Gasteiger partial charge in [-0.25, -0.2) is 4.98 Å². The molecule has 1 N–H and O–H groups in total.